The maximum absolute atomic E-state index is 15.0. The normalized spacial score (nSPS) is 13.3. The first-order valence-corrected chi connectivity index (χ1v) is 11.8. The number of pyridine rings is 1. The number of hydrogen-bond acceptors (Lipinski definition) is 5. The minimum atomic E-state index is -1.23. The lowest BCUT2D eigenvalue weighted by Gasteiger charge is -2.19. The number of benzene rings is 2. The molecule has 4 aromatic rings. The van der Waals surface area contributed by atoms with Gasteiger partial charge in [-0.05, 0) is 57.0 Å². The van der Waals surface area contributed by atoms with E-state index in [2.05, 4.69) is 17.2 Å². The number of nitrogens with one attached hydrogen (secondary N) is 1. The predicted octanol–water partition coefficient (Wildman–Crippen LogP) is 3.19. The molecule has 2 N–H and O–H groups in total. The molecule has 2 heterocycles. The Bertz CT molecular complexity index is 1780. The molecule has 2 aromatic heterocycles. The number of rotatable bonds is 4. The van der Waals surface area contributed by atoms with Crippen LogP contribution in [0.1, 0.15) is 38.3 Å². The van der Waals surface area contributed by atoms with Crippen molar-refractivity contribution in [2.24, 2.45) is 7.05 Å². The average Bonchev–Trinajstić information content (AvgIpc) is 3.67. The molecule has 188 valence electrons. The topological polar surface area (TPSA) is 98.3 Å². The molecule has 5 rings (SSSR count). The van der Waals surface area contributed by atoms with Crippen LogP contribution < -0.4 is 22.1 Å². The summed E-state index contributed by atoms with van der Waals surface area (Å²) in [6.07, 6.45) is 1.40. The van der Waals surface area contributed by atoms with Gasteiger partial charge in [-0.3, -0.25) is 18.7 Å². The smallest absolute Gasteiger partial charge is 0.337 e. The number of halogens is 1. The predicted molar refractivity (Wildman–Crippen MR) is 140 cm³/mol. The van der Waals surface area contributed by atoms with Crippen LogP contribution in [0.3, 0.4) is 0 Å². The number of fused-ring (bicyclic) bond motifs is 1. The zero-order valence-electron chi connectivity index (χ0n) is 20.6. The van der Waals surface area contributed by atoms with E-state index in [-0.39, 0.29) is 28.5 Å². The molecular formula is C28H25FN4O4. The molecule has 37 heavy (non-hydrogen) atoms. The number of aromatic nitrogens is 3. The van der Waals surface area contributed by atoms with Gasteiger partial charge in [0.1, 0.15) is 22.5 Å². The van der Waals surface area contributed by atoms with Crippen LogP contribution in [-0.4, -0.2) is 24.4 Å². The van der Waals surface area contributed by atoms with Crippen molar-refractivity contribution in [3.8, 4) is 17.5 Å². The first-order chi connectivity index (χ1) is 17.5. The third kappa shape index (κ3) is 4.59. The number of aliphatic hydroxyl groups is 1. The summed E-state index contributed by atoms with van der Waals surface area (Å²) in [4.78, 5) is 40.2. The molecule has 0 aliphatic heterocycles. The van der Waals surface area contributed by atoms with Gasteiger partial charge in [0.2, 0.25) is 0 Å². The zero-order chi connectivity index (χ0) is 26.5. The van der Waals surface area contributed by atoms with E-state index in [9.17, 15) is 19.5 Å². The second kappa shape index (κ2) is 8.91. The van der Waals surface area contributed by atoms with Gasteiger partial charge >= 0.3 is 5.69 Å². The van der Waals surface area contributed by atoms with Crippen molar-refractivity contribution >= 4 is 22.4 Å². The number of anilines is 2. The molecule has 8 nitrogen and oxygen atoms in total. The minimum Gasteiger partial charge on any atom is -0.378 e. The molecule has 0 unspecified atom stereocenters. The van der Waals surface area contributed by atoms with Gasteiger partial charge in [0.25, 0.3) is 11.1 Å². The summed E-state index contributed by atoms with van der Waals surface area (Å²) in [6, 6.07) is 14.0. The second-order valence-corrected chi connectivity index (χ2v) is 9.64. The van der Waals surface area contributed by atoms with E-state index in [1.807, 2.05) is 0 Å². The van der Waals surface area contributed by atoms with E-state index in [0.29, 0.717) is 24.1 Å². The molecule has 0 bridgehead atoms. The van der Waals surface area contributed by atoms with Gasteiger partial charge < -0.3 is 10.4 Å². The van der Waals surface area contributed by atoms with E-state index in [0.717, 1.165) is 0 Å². The van der Waals surface area contributed by atoms with Crippen LogP contribution in [0.4, 0.5) is 15.8 Å². The Morgan fingerprint density at radius 1 is 1.03 bits per heavy atom. The lowest BCUT2D eigenvalue weighted by molar-refractivity contribution is 0.143. The van der Waals surface area contributed by atoms with E-state index in [1.54, 1.807) is 36.4 Å². The van der Waals surface area contributed by atoms with Crippen LogP contribution in [-0.2, 0) is 7.05 Å². The molecular weight excluding hydrogens is 475 g/mol. The molecule has 1 fully saturated rings. The highest BCUT2D eigenvalue weighted by molar-refractivity contribution is 5.91. The third-order valence-corrected chi connectivity index (χ3v) is 6.13. The largest absolute Gasteiger partial charge is 0.378 e. The monoisotopic (exact) mass is 500 g/mol. The molecule has 9 heteroatoms. The first kappa shape index (κ1) is 24.3. The van der Waals surface area contributed by atoms with Gasteiger partial charge in [0, 0.05) is 24.7 Å². The quantitative estimate of drug-likeness (QED) is 0.420. The highest BCUT2D eigenvalue weighted by atomic mass is 19.1. The molecule has 1 aliphatic rings. The number of hydrogen-bond donors (Lipinski definition) is 2. The van der Waals surface area contributed by atoms with Gasteiger partial charge in [-0.1, -0.05) is 30.0 Å². The minimum absolute atomic E-state index is 0.0261. The Morgan fingerprint density at radius 2 is 1.73 bits per heavy atom. The molecule has 1 aliphatic carbocycles. The zero-order valence-corrected chi connectivity index (χ0v) is 20.6. The maximum Gasteiger partial charge on any atom is 0.337 e. The Balaban J connectivity index is 1.75. The Morgan fingerprint density at radius 3 is 2.35 bits per heavy atom. The highest BCUT2D eigenvalue weighted by Crippen LogP contribution is 2.33. The third-order valence-electron chi connectivity index (χ3n) is 6.13. The van der Waals surface area contributed by atoms with Crippen molar-refractivity contribution in [3.05, 3.63) is 97.2 Å². The highest BCUT2D eigenvalue weighted by Gasteiger charge is 2.31. The molecule has 0 atom stereocenters. The fraction of sp³-hybridized carbons (Fsp3) is 0.250. The number of para-hydroxylation sites is 1. The van der Waals surface area contributed by atoms with E-state index in [4.69, 9.17) is 0 Å². The Hall–Kier alpha value is -4.42. The summed E-state index contributed by atoms with van der Waals surface area (Å²) < 4.78 is 18.9. The van der Waals surface area contributed by atoms with Crippen LogP contribution >= 0.6 is 0 Å². The standard InChI is InChI=1S/C28H25FN4O4/c1-28(2,37)14-13-17-9-12-21(20(29)15-17)30-22-16-23(34)31(3)25-24(22)26(35)33(19-10-11-19)27(36)32(25)18-7-5-4-6-8-18/h4-9,12,15-16,19,30,37H,10-11H2,1-3H3. The van der Waals surface area contributed by atoms with Gasteiger partial charge in [0.15, 0.2) is 0 Å². The van der Waals surface area contributed by atoms with Crippen molar-refractivity contribution in [3.63, 3.8) is 0 Å². The molecule has 0 spiro atoms. The lowest BCUT2D eigenvalue weighted by atomic mass is 10.1. The van der Waals surface area contributed by atoms with Crippen LogP contribution in [0, 0.1) is 17.7 Å². The maximum atomic E-state index is 15.0. The summed E-state index contributed by atoms with van der Waals surface area (Å²) in [6.45, 7) is 3.05. The Kier molecular flexibility index (Phi) is 5.85. The average molecular weight is 501 g/mol. The van der Waals surface area contributed by atoms with Gasteiger partial charge in [-0.2, -0.15) is 0 Å². The fourth-order valence-corrected chi connectivity index (χ4v) is 4.19. The van der Waals surface area contributed by atoms with Gasteiger partial charge in [-0.25, -0.2) is 13.8 Å². The van der Waals surface area contributed by atoms with Crippen molar-refractivity contribution in [1.82, 2.24) is 13.7 Å². The van der Waals surface area contributed by atoms with Gasteiger partial charge in [0.05, 0.1) is 17.1 Å². The summed E-state index contributed by atoms with van der Waals surface area (Å²) >= 11 is 0. The van der Waals surface area contributed by atoms with E-state index in [1.165, 1.54) is 52.8 Å². The van der Waals surface area contributed by atoms with Crippen LogP contribution in [0.25, 0.3) is 16.7 Å². The lowest BCUT2D eigenvalue weighted by Crippen LogP contribution is -2.41. The molecule has 0 radical (unpaired) electrons. The molecule has 2 aromatic carbocycles. The van der Waals surface area contributed by atoms with E-state index < -0.39 is 28.2 Å². The summed E-state index contributed by atoms with van der Waals surface area (Å²) in [5.74, 6) is 4.69. The van der Waals surface area contributed by atoms with Crippen LogP contribution in [0.15, 0.2) is 69.0 Å². The van der Waals surface area contributed by atoms with E-state index >= 15 is 4.39 Å². The molecule has 0 saturated heterocycles. The van der Waals surface area contributed by atoms with Crippen molar-refractivity contribution in [1.29, 1.82) is 0 Å². The summed E-state index contributed by atoms with van der Waals surface area (Å²) in [5.41, 5.74) is -1.69. The van der Waals surface area contributed by atoms with Crippen LogP contribution in [0.2, 0.25) is 0 Å². The number of aryl methyl sites for hydroxylation is 1. The first-order valence-electron chi connectivity index (χ1n) is 11.8. The van der Waals surface area contributed by atoms with Gasteiger partial charge in [-0.15, -0.1) is 0 Å². The molecule has 1 saturated carbocycles. The van der Waals surface area contributed by atoms with Crippen molar-refractivity contribution in [2.45, 2.75) is 38.3 Å². The number of nitrogens with zero attached hydrogens (tertiary/aromatic N) is 3. The van der Waals surface area contributed by atoms with Crippen molar-refractivity contribution in [2.75, 3.05) is 5.32 Å². The SMILES string of the molecule is Cn1c(=O)cc(Nc2ccc(C#CC(C)(C)O)cc2F)c2c(=O)n(C3CC3)c(=O)n(-c3ccccc3)c21. The van der Waals surface area contributed by atoms with Crippen LogP contribution in [0.5, 0.6) is 0 Å². The second-order valence-electron chi connectivity index (χ2n) is 9.64. The molecule has 0 amide bonds. The van der Waals surface area contributed by atoms with Crippen molar-refractivity contribution < 1.29 is 9.50 Å². The Labute approximate surface area is 211 Å². The summed E-state index contributed by atoms with van der Waals surface area (Å²) in [5, 5.41) is 12.8. The summed E-state index contributed by atoms with van der Waals surface area (Å²) in [7, 11) is 1.49. The fourth-order valence-electron chi connectivity index (χ4n) is 4.19.